The molecule has 4 unspecified atom stereocenters. The largest absolute Gasteiger partial charge is 0.324 e. The van der Waals surface area contributed by atoms with Crippen molar-refractivity contribution in [3.8, 4) is 0 Å². The van der Waals surface area contributed by atoms with Crippen molar-refractivity contribution >= 4 is 52.3 Å². The Labute approximate surface area is 195 Å². The topological polar surface area (TPSA) is 69.7 Å². The van der Waals surface area contributed by atoms with Crippen molar-refractivity contribution in [1.29, 1.82) is 0 Å². The zero-order valence-electron chi connectivity index (χ0n) is 17.4. The third-order valence-corrected chi connectivity index (χ3v) is 8.40. The quantitative estimate of drug-likeness (QED) is 0.675. The van der Waals surface area contributed by atoms with E-state index in [4.69, 9.17) is 23.2 Å². The lowest BCUT2D eigenvalue weighted by atomic mass is 9.75. The maximum atomic E-state index is 13.9. The molecular formula is C24H21Cl2N3O3. The molecule has 6 nitrogen and oxygen atoms in total. The Balaban J connectivity index is 1.55. The highest BCUT2D eigenvalue weighted by Crippen LogP contribution is 2.61. The predicted octanol–water partition coefficient (Wildman–Crippen LogP) is 3.99. The number of carbonyl (C=O) groups excluding carboxylic acids is 3. The minimum atomic E-state index is -1.16. The van der Waals surface area contributed by atoms with Gasteiger partial charge in [0, 0.05) is 17.3 Å². The Morgan fingerprint density at radius 2 is 1.91 bits per heavy atom. The first-order valence-electron chi connectivity index (χ1n) is 10.9. The molecule has 0 saturated carbocycles. The van der Waals surface area contributed by atoms with Crippen molar-refractivity contribution in [3.05, 3.63) is 57.6 Å². The lowest BCUT2D eigenvalue weighted by Crippen LogP contribution is -2.54. The van der Waals surface area contributed by atoms with Gasteiger partial charge >= 0.3 is 0 Å². The van der Waals surface area contributed by atoms with Crippen LogP contribution in [0, 0.1) is 11.8 Å². The van der Waals surface area contributed by atoms with Crippen molar-refractivity contribution in [1.82, 2.24) is 4.90 Å². The van der Waals surface area contributed by atoms with Gasteiger partial charge in [-0.15, -0.1) is 0 Å². The molecule has 1 N–H and O–H groups in total. The third kappa shape index (κ3) is 2.28. The van der Waals surface area contributed by atoms with Crippen molar-refractivity contribution in [2.24, 2.45) is 11.8 Å². The maximum Gasteiger partial charge on any atom is 0.250 e. The van der Waals surface area contributed by atoms with Crippen LogP contribution in [0.1, 0.15) is 30.9 Å². The second-order valence-electron chi connectivity index (χ2n) is 8.93. The van der Waals surface area contributed by atoms with Gasteiger partial charge in [0.25, 0.3) is 0 Å². The van der Waals surface area contributed by atoms with Gasteiger partial charge in [-0.05, 0) is 49.6 Å². The number of halogens is 2. The van der Waals surface area contributed by atoms with Gasteiger partial charge in [0.1, 0.15) is 5.54 Å². The summed E-state index contributed by atoms with van der Waals surface area (Å²) in [5.41, 5.74) is 1.87. The Kier molecular flexibility index (Phi) is 4.29. The van der Waals surface area contributed by atoms with Crippen LogP contribution in [-0.2, 0) is 26.3 Å². The highest BCUT2D eigenvalue weighted by molar-refractivity contribution is 6.42. The van der Waals surface area contributed by atoms with Crippen LogP contribution in [0.25, 0.3) is 0 Å². The van der Waals surface area contributed by atoms with Gasteiger partial charge in [-0.1, -0.05) is 48.3 Å². The highest BCUT2D eigenvalue weighted by Gasteiger charge is 2.74. The average molecular weight is 470 g/mol. The zero-order valence-corrected chi connectivity index (χ0v) is 18.9. The van der Waals surface area contributed by atoms with Gasteiger partial charge < -0.3 is 5.32 Å². The molecule has 2 aromatic rings. The van der Waals surface area contributed by atoms with Gasteiger partial charge in [0.15, 0.2) is 0 Å². The van der Waals surface area contributed by atoms with E-state index < -0.39 is 17.4 Å². The molecule has 3 amide bonds. The summed E-state index contributed by atoms with van der Waals surface area (Å²) in [7, 11) is 0. The molecule has 0 aromatic heterocycles. The summed E-state index contributed by atoms with van der Waals surface area (Å²) < 4.78 is 0. The number of benzene rings is 2. The molecule has 1 spiro atoms. The molecule has 4 heterocycles. The van der Waals surface area contributed by atoms with Gasteiger partial charge in [-0.3, -0.25) is 19.3 Å². The first-order chi connectivity index (χ1) is 15.4. The van der Waals surface area contributed by atoms with Gasteiger partial charge in [0.05, 0.1) is 27.6 Å². The fourth-order valence-electron chi connectivity index (χ4n) is 6.46. The number of fused-ring (bicyclic) bond motifs is 7. The Morgan fingerprint density at radius 1 is 1.09 bits per heavy atom. The van der Waals surface area contributed by atoms with E-state index in [0.717, 1.165) is 36.1 Å². The fraction of sp³-hybridized carbons (Fsp3) is 0.375. The summed E-state index contributed by atoms with van der Waals surface area (Å²) in [6.07, 6.45) is 2.44. The van der Waals surface area contributed by atoms with Crippen molar-refractivity contribution in [2.75, 3.05) is 16.8 Å². The second kappa shape index (κ2) is 6.80. The van der Waals surface area contributed by atoms with E-state index in [2.05, 4.69) is 10.2 Å². The number of amides is 3. The molecule has 0 radical (unpaired) electrons. The lowest BCUT2D eigenvalue weighted by molar-refractivity contribution is -0.135. The van der Waals surface area contributed by atoms with E-state index in [1.807, 2.05) is 25.1 Å². The molecule has 164 valence electrons. The van der Waals surface area contributed by atoms with Crippen LogP contribution in [0.5, 0.6) is 0 Å². The Bertz CT molecular complexity index is 1210. The Morgan fingerprint density at radius 3 is 2.66 bits per heavy atom. The SMILES string of the molecule is CCc1cccc2c1NC(=O)C21C2C(=O)N(c3ccc(Cl)c(Cl)c3)C(=O)C2C2CCCN21. The van der Waals surface area contributed by atoms with Crippen LogP contribution in [0.3, 0.4) is 0 Å². The number of para-hydroxylation sites is 1. The first-order valence-corrected chi connectivity index (χ1v) is 11.7. The average Bonchev–Trinajstić information content (AvgIpc) is 3.48. The van der Waals surface area contributed by atoms with Crippen LogP contribution >= 0.6 is 23.2 Å². The van der Waals surface area contributed by atoms with Crippen molar-refractivity contribution < 1.29 is 14.4 Å². The monoisotopic (exact) mass is 469 g/mol. The molecule has 0 aliphatic carbocycles. The number of aryl methyl sites for hydroxylation is 1. The first kappa shape index (κ1) is 20.2. The van der Waals surface area contributed by atoms with Crippen molar-refractivity contribution in [3.63, 3.8) is 0 Å². The minimum absolute atomic E-state index is 0.147. The van der Waals surface area contributed by atoms with E-state index in [1.165, 1.54) is 11.0 Å². The molecular weight excluding hydrogens is 449 g/mol. The minimum Gasteiger partial charge on any atom is -0.324 e. The number of hydrogen-bond donors (Lipinski definition) is 1. The molecule has 6 rings (SSSR count). The van der Waals surface area contributed by atoms with Crippen LogP contribution < -0.4 is 10.2 Å². The molecule has 3 fully saturated rings. The highest BCUT2D eigenvalue weighted by atomic mass is 35.5. The molecule has 32 heavy (non-hydrogen) atoms. The molecule has 2 aromatic carbocycles. The number of carbonyl (C=O) groups is 3. The molecule has 4 aliphatic rings. The maximum absolute atomic E-state index is 13.9. The van der Waals surface area contributed by atoms with Gasteiger partial charge in [-0.25, -0.2) is 4.90 Å². The number of imide groups is 1. The summed E-state index contributed by atoms with van der Waals surface area (Å²) in [4.78, 5) is 44.7. The van der Waals surface area contributed by atoms with Gasteiger partial charge in [0.2, 0.25) is 17.7 Å². The van der Waals surface area contributed by atoms with E-state index in [0.29, 0.717) is 17.3 Å². The van der Waals surface area contributed by atoms with E-state index in [9.17, 15) is 14.4 Å². The van der Waals surface area contributed by atoms with Crippen LogP contribution in [-0.4, -0.2) is 35.2 Å². The normalized spacial score (nSPS) is 30.8. The summed E-state index contributed by atoms with van der Waals surface area (Å²) >= 11 is 12.2. The summed E-state index contributed by atoms with van der Waals surface area (Å²) in [5, 5.41) is 3.71. The predicted molar refractivity (Wildman–Crippen MR) is 122 cm³/mol. The Hall–Kier alpha value is -2.41. The molecule has 4 atom stereocenters. The smallest absolute Gasteiger partial charge is 0.250 e. The fourth-order valence-corrected chi connectivity index (χ4v) is 6.76. The van der Waals surface area contributed by atoms with Crippen molar-refractivity contribution in [2.45, 2.75) is 37.8 Å². The summed E-state index contributed by atoms with van der Waals surface area (Å²) in [6.45, 7) is 2.73. The molecule has 3 saturated heterocycles. The molecule has 8 heteroatoms. The van der Waals surface area contributed by atoms with Crippen LogP contribution in [0.4, 0.5) is 11.4 Å². The zero-order chi connectivity index (χ0) is 22.4. The third-order valence-electron chi connectivity index (χ3n) is 7.66. The number of anilines is 2. The lowest BCUT2D eigenvalue weighted by Gasteiger charge is -2.36. The van der Waals surface area contributed by atoms with Gasteiger partial charge in [-0.2, -0.15) is 0 Å². The standard InChI is InChI=1S/C24H21Cl2N3O3/c1-2-12-5-3-6-14-20(12)27-23(32)24(14)19-18(17-7-4-10-28(17)24)21(30)29(22(19)31)13-8-9-15(25)16(26)11-13/h3,5-6,8-9,11,17-19H,2,4,7,10H2,1H3,(H,27,32). The number of hydrogen-bond acceptors (Lipinski definition) is 4. The van der Waals surface area contributed by atoms with E-state index >= 15 is 0 Å². The number of nitrogens with one attached hydrogen (secondary N) is 1. The molecule has 4 aliphatic heterocycles. The summed E-state index contributed by atoms with van der Waals surface area (Å²) in [6, 6.07) is 10.5. The number of nitrogens with zero attached hydrogens (tertiary/aromatic N) is 2. The van der Waals surface area contributed by atoms with Crippen LogP contribution in [0.2, 0.25) is 10.0 Å². The molecule has 0 bridgehead atoms. The van der Waals surface area contributed by atoms with E-state index in [-0.39, 0.29) is 28.8 Å². The van der Waals surface area contributed by atoms with E-state index in [1.54, 1.807) is 12.1 Å². The number of rotatable bonds is 2. The second-order valence-corrected chi connectivity index (χ2v) is 9.74. The summed E-state index contributed by atoms with van der Waals surface area (Å²) in [5.74, 6) is -2.16. The van der Waals surface area contributed by atoms with Crippen LogP contribution in [0.15, 0.2) is 36.4 Å².